The largest absolute Gasteiger partial charge is 0.462 e. The topological polar surface area (TPSA) is 120 Å². The highest BCUT2D eigenvalue weighted by Gasteiger charge is 2.37. The number of carbonyl (C=O) groups excluding carboxylic acids is 3. The molecule has 2 heterocycles. The summed E-state index contributed by atoms with van der Waals surface area (Å²) in [5.74, 6) is -1.79. The van der Waals surface area contributed by atoms with Crippen molar-refractivity contribution in [2.24, 2.45) is 0 Å². The molecule has 0 bridgehead atoms. The lowest BCUT2D eigenvalue weighted by Gasteiger charge is -2.13. The van der Waals surface area contributed by atoms with E-state index in [0.717, 1.165) is 11.0 Å². The fourth-order valence-corrected chi connectivity index (χ4v) is 2.53. The molecular formula is C13H12N2O7S. The molecule has 1 aromatic rings. The average Bonchev–Trinajstić information content (AvgIpc) is 2.99. The van der Waals surface area contributed by atoms with Crippen molar-refractivity contribution in [2.75, 3.05) is 6.54 Å². The number of rotatable bonds is 5. The van der Waals surface area contributed by atoms with Crippen LogP contribution in [0, 0.1) is 10.1 Å². The Morgan fingerprint density at radius 2 is 2.17 bits per heavy atom. The molecule has 122 valence electrons. The molecule has 2 rings (SSSR count). The fourth-order valence-electron chi connectivity index (χ4n) is 1.71. The highest BCUT2D eigenvalue weighted by atomic mass is 32.2. The molecule has 10 heteroatoms. The van der Waals surface area contributed by atoms with Crippen molar-refractivity contribution in [1.29, 1.82) is 0 Å². The van der Waals surface area contributed by atoms with Gasteiger partial charge in [-0.25, -0.2) is 0 Å². The molecule has 1 saturated heterocycles. The zero-order valence-electron chi connectivity index (χ0n) is 12.2. The molecule has 0 aliphatic carbocycles. The van der Waals surface area contributed by atoms with Crippen LogP contribution in [-0.2, 0) is 14.3 Å². The molecule has 0 saturated carbocycles. The van der Waals surface area contributed by atoms with Crippen LogP contribution in [0.1, 0.15) is 19.6 Å². The van der Waals surface area contributed by atoms with E-state index in [2.05, 4.69) is 0 Å². The second-order valence-electron chi connectivity index (χ2n) is 4.74. The molecule has 9 nitrogen and oxygen atoms in total. The van der Waals surface area contributed by atoms with Crippen molar-refractivity contribution in [3.8, 4) is 0 Å². The van der Waals surface area contributed by atoms with Crippen molar-refractivity contribution < 1.29 is 28.5 Å². The first-order valence-corrected chi connectivity index (χ1v) is 7.28. The Bertz CT molecular complexity index is 707. The number of furan rings is 1. The van der Waals surface area contributed by atoms with Crippen molar-refractivity contribution in [3.63, 3.8) is 0 Å². The number of amides is 2. The number of nitrogens with zero attached hydrogens (tertiary/aromatic N) is 2. The molecule has 0 atom stereocenters. The summed E-state index contributed by atoms with van der Waals surface area (Å²) in [6.45, 7) is 2.81. The van der Waals surface area contributed by atoms with E-state index in [-0.39, 0.29) is 16.8 Å². The highest BCUT2D eigenvalue weighted by Crippen LogP contribution is 2.32. The summed E-state index contributed by atoms with van der Waals surface area (Å²) in [6.07, 6.45) is 0.854. The van der Waals surface area contributed by atoms with Gasteiger partial charge in [-0.05, 0) is 31.7 Å². The third-order valence-corrected chi connectivity index (χ3v) is 3.50. The van der Waals surface area contributed by atoms with E-state index in [9.17, 15) is 24.5 Å². The van der Waals surface area contributed by atoms with Crippen LogP contribution in [0.4, 0.5) is 10.7 Å². The van der Waals surface area contributed by atoms with Gasteiger partial charge < -0.3 is 9.15 Å². The van der Waals surface area contributed by atoms with Crippen molar-refractivity contribution in [1.82, 2.24) is 4.90 Å². The lowest BCUT2D eigenvalue weighted by atomic mass is 10.3. The predicted molar refractivity (Wildman–Crippen MR) is 79.3 cm³/mol. The first-order valence-electron chi connectivity index (χ1n) is 6.47. The average molecular weight is 340 g/mol. The maximum absolute atomic E-state index is 12.1. The Morgan fingerprint density at radius 3 is 2.74 bits per heavy atom. The zero-order chi connectivity index (χ0) is 17.1. The number of hydrogen-bond acceptors (Lipinski definition) is 8. The van der Waals surface area contributed by atoms with Crippen LogP contribution in [0.5, 0.6) is 0 Å². The normalized spacial score (nSPS) is 16.5. The summed E-state index contributed by atoms with van der Waals surface area (Å²) in [5, 5.41) is 9.91. The minimum Gasteiger partial charge on any atom is -0.462 e. The van der Waals surface area contributed by atoms with E-state index in [0.29, 0.717) is 11.8 Å². The summed E-state index contributed by atoms with van der Waals surface area (Å²) in [4.78, 5) is 46.0. The lowest BCUT2D eigenvalue weighted by Crippen LogP contribution is -2.35. The molecule has 0 aromatic carbocycles. The number of nitro groups is 1. The third-order valence-electron chi connectivity index (χ3n) is 2.59. The van der Waals surface area contributed by atoms with Crippen LogP contribution in [0.15, 0.2) is 21.5 Å². The Morgan fingerprint density at radius 1 is 1.48 bits per heavy atom. The quantitative estimate of drug-likeness (QED) is 0.346. The van der Waals surface area contributed by atoms with Crippen molar-refractivity contribution >= 4 is 40.8 Å². The Balaban J connectivity index is 2.12. The molecule has 1 fully saturated rings. The van der Waals surface area contributed by atoms with Crippen LogP contribution in [0.25, 0.3) is 6.08 Å². The Kier molecular flexibility index (Phi) is 4.84. The second kappa shape index (κ2) is 6.65. The molecule has 0 radical (unpaired) electrons. The Labute approximate surface area is 134 Å². The molecule has 1 aliphatic heterocycles. The molecule has 2 amide bonds. The van der Waals surface area contributed by atoms with Gasteiger partial charge in [0.2, 0.25) is 0 Å². The number of ether oxygens (including phenoxy) is 1. The summed E-state index contributed by atoms with van der Waals surface area (Å²) in [5.41, 5.74) is 0. The van der Waals surface area contributed by atoms with E-state index in [1.807, 2.05) is 0 Å². The first-order chi connectivity index (χ1) is 10.8. The van der Waals surface area contributed by atoms with Gasteiger partial charge in [-0.2, -0.15) is 0 Å². The van der Waals surface area contributed by atoms with E-state index in [4.69, 9.17) is 9.15 Å². The maximum atomic E-state index is 12.1. The van der Waals surface area contributed by atoms with Crippen LogP contribution in [0.2, 0.25) is 0 Å². The van der Waals surface area contributed by atoms with Gasteiger partial charge >= 0.3 is 11.9 Å². The molecule has 23 heavy (non-hydrogen) atoms. The van der Waals surface area contributed by atoms with Gasteiger partial charge in [0, 0.05) is 6.08 Å². The van der Waals surface area contributed by atoms with Gasteiger partial charge in [-0.1, -0.05) is 0 Å². The second-order valence-corrected chi connectivity index (χ2v) is 5.73. The van der Waals surface area contributed by atoms with Gasteiger partial charge in [-0.3, -0.25) is 29.4 Å². The van der Waals surface area contributed by atoms with Gasteiger partial charge in [0.15, 0.2) is 0 Å². The van der Waals surface area contributed by atoms with Gasteiger partial charge in [0.1, 0.15) is 17.2 Å². The molecule has 0 N–H and O–H groups in total. The minimum absolute atomic E-state index is 0.0107. The van der Waals surface area contributed by atoms with Gasteiger partial charge in [-0.15, -0.1) is 0 Å². The molecule has 1 aliphatic rings. The SMILES string of the molecule is CC(C)OC(=O)CN1C(=O)S/C(=C\c2ccc([N+](=O)[O-])o2)C1=O. The predicted octanol–water partition coefficient (Wildman–Crippen LogP) is 2.18. The van der Waals surface area contributed by atoms with Crippen LogP contribution < -0.4 is 0 Å². The lowest BCUT2D eigenvalue weighted by molar-refractivity contribution is -0.402. The first kappa shape index (κ1) is 16.7. The van der Waals surface area contributed by atoms with E-state index in [1.165, 1.54) is 12.1 Å². The van der Waals surface area contributed by atoms with Crippen LogP contribution in [-0.4, -0.2) is 39.6 Å². The monoisotopic (exact) mass is 340 g/mol. The van der Waals surface area contributed by atoms with Crippen LogP contribution >= 0.6 is 11.8 Å². The molecular weight excluding hydrogens is 328 g/mol. The third kappa shape index (κ3) is 3.97. The molecule has 1 aromatic heterocycles. The molecule has 0 spiro atoms. The number of hydrogen-bond donors (Lipinski definition) is 0. The van der Waals surface area contributed by atoms with E-state index >= 15 is 0 Å². The number of imide groups is 1. The summed E-state index contributed by atoms with van der Waals surface area (Å²) >= 11 is 0.616. The van der Waals surface area contributed by atoms with Crippen LogP contribution in [0.3, 0.4) is 0 Å². The number of thioether (sulfide) groups is 1. The van der Waals surface area contributed by atoms with Gasteiger partial charge in [0.25, 0.3) is 11.1 Å². The molecule has 0 unspecified atom stereocenters. The fraction of sp³-hybridized carbons (Fsp3) is 0.308. The minimum atomic E-state index is -0.717. The van der Waals surface area contributed by atoms with Gasteiger partial charge in [0.05, 0.1) is 17.1 Å². The van der Waals surface area contributed by atoms with Crippen molar-refractivity contribution in [3.05, 3.63) is 32.9 Å². The number of carbonyl (C=O) groups is 3. The number of esters is 1. The van der Waals surface area contributed by atoms with E-state index < -0.39 is 34.5 Å². The summed E-state index contributed by atoms with van der Waals surface area (Å²) < 4.78 is 9.78. The maximum Gasteiger partial charge on any atom is 0.433 e. The Hall–Kier alpha value is -2.62. The standard InChI is InChI=1S/C13H12N2O7S/c1-7(2)21-11(16)6-14-12(17)9(23-13(14)18)5-8-3-4-10(22-8)15(19)20/h3-5,7H,6H2,1-2H3/b9-5-. The van der Waals surface area contributed by atoms with Crippen molar-refractivity contribution in [2.45, 2.75) is 20.0 Å². The zero-order valence-corrected chi connectivity index (χ0v) is 13.0. The smallest absolute Gasteiger partial charge is 0.433 e. The highest BCUT2D eigenvalue weighted by molar-refractivity contribution is 8.18. The summed E-state index contributed by atoms with van der Waals surface area (Å²) in [7, 11) is 0. The summed E-state index contributed by atoms with van der Waals surface area (Å²) in [6, 6.07) is 2.44. The van der Waals surface area contributed by atoms with E-state index in [1.54, 1.807) is 13.8 Å².